The molecule has 0 aliphatic rings. The van der Waals surface area contributed by atoms with E-state index in [4.69, 9.17) is 5.84 Å². The molecule has 0 spiro atoms. The fraction of sp³-hybridized carbons (Fsp3) is 0.385. The second-order valence-corrected chi connectivity index (χ2v) is 4.43. The fourth-order valence-electron chi connectivity index (χ4n) is 1.99. The van der Waals surface area contributed by atoms with E-state index in [1.165, 1.54) is 12.3 Å². The molecule has 3 N–H and O–H groups in total. The monoisotopic (exact) mass is 263 g/mol. The van der Waals surface area contributed by atoms with Gasteiger partial charge in [0.15, 0.2) is 0 Å². The fourth-order valence-corrected chi connectivity index (χ4v) is 1.99. The predicted molar refractivity (Wildman–Crippen MR) is 70.5 cm³/mol. The lowest BCUT2D eigenvalue weighted by molar-refractivity contribution is 0.514. The summed E-state index contributed by atoms with van der Waals surface area (Å²) in [6.07, 6.45) is 2.74. The molecule has 0 saturated heterocycles. The summed E-state index contributed by atoms with van der Waals surface area (Å²) >= 11 is 0. The Morgan fingerprint density at radius 3 is 2.79 bits per heavy atom. The van der Waals surface area contributed by atoms with Gasteiger partial charge in [0.25, 0.3) is 0 Å². The first-order valence-electron chi connectivity index (χ1n) is 6.23. The zero-order chi connectivity index (χ0) is 13.8. The minimum Gasteiger partial charge on any atom is -0.272 e. The maximum atomic E-state index is 12.9. The Morgan fingerprint density at radius 2 is 2.26 bits per heavy atom. The Bertz CT molecular complexity index is 534. The lowest BCUT2D eigenvalue weighted by atomic mass is 10.1. The lowest BCUT2D eigenvalue weighted by Crippen LogP contribution is -2.30. The predicted octanol–water partition coefficient (Wildman–Crippen LogP) is 1.26. The van der Waals surface area contributed by atoms with E-state index in [0.717, 1.165) is 17.8 Å². The first kappa shape index (κ1) is 13.6. The van der Waals surface area contributed by atoms with Gasteiger partial charge in [-0.1, -0.05) is 6.92 Å². The third kappa shape index (κ3) is 3.15. The molecule has 5 nitrogen and oxygen atoms in total. The van der Waals surface area contributed by atoms with Crippen LogP contribution in [-0.4, -0.2) is 14.8 Å². The maximum Gasteiger partial charge on any atom is 0.141 e. The molecule has 0 fully saturated rings. The maximum absolute atomic E-state index is 12.9. The number of halogens is 1. The van der Waals surface area contributed by atoms with Crippen molar-refractivity contribution in [2.75, 3.05) is 0 Å². The molecule has 1 atom stereocenters. The van der Waals surface area contributed by atoms with Crippen LogP contribution in [0.2, 0.25) is 0 Å². The van der Waals surface area contributed by atoms with Crippen LogP contribution in [0, 0.1) is 5.82 Å². The Labute approximate surface area is 111 Å². The molecule has 0 bridgehead atoms. The summed E-state index contributed by atoms with van der Waals surface area (Å²) in [5.41, 5.74) is 5.53. The largest absolute Gasteiger partial charge is 0.272 e. The molecule has 1 unspecified atom stereocenters. The Balaban J connectivity index is 2.18. The third-order valence-electron chi connectivity index (χ3n) is 3.11. The van der Waals surface area contributed by atoms with Crippen molar-refractivity contribution in [3.05, 3.63) is 47.3 Å². The molecule has 2 aromatic rings. The smallest absolute Gasteiger partial charge is 0.141 e. The molecule has 19 heavy (non-hydrogen) atoms. The van der Waals surface area contributed by atoms with Crippen LogP contribution < -0.4 is 11.3 Å². The average Bonchev–Trinajstić information content (AvgIpc) is 2.78. The summed E-state index contributed by atoms with van der Waals surface area (Å²) in [6.45, 7) is 2.06. The highest BCUT2D eigenvalue weighted by Gasteiger charge is 2.15. The van der Waals surface area contributed by atoms with E-state index in [-0.39, 0.29) is 11.9 Å². The van der Waals surface area contributed by atoms with Gasteiger partial charge >= 0.3 is 0 Å². The van der Waals surface area contributed by atoms with Crippen LogP contribution in [0.1, 0.15) is 30.0 Å². The normalized spacial score (nSPS) is 12.6. The van der Waals surface area contributed by atoms with Gasteiger partial charge in [0, 0.05) is 19.2 Å². The van der Waals surface area contributed by atoms with Gasteiger partial charge in [-0.15, -0.1) is 0 Å². The Kier molecular flexibility index (Phi) is 4.24. The summed E-state index contributed by atoms with van der Waals surface area (Å²) in [6, 6.07) is 4.90. The molecule has 0 aliphatic heterocycles. The second-order valence-electron chi connectivity index (χ2n) is 4.43. The second kappa shape index (κ2) is 5.90. The van der Waals surface area contributed by atoms with Crippen LogP contribution in [0.15, 0.2) is 24.4 Å². The molecular weight excluding hydrogens is 245 g/mol. The number of pyridine rings is 1. The first-order valence-corrected chi connectivity index (χ1v) is 6.23. The number of nitrogens with one attached hydrogen (secondary N) is 1. The van der Waals surface area contributed by atoms with Gasteiger partial charge in [-0.05, 0) is 24.6 Å². The van der Waals surface area contributed by atoms with Gasteiger partial charge in [-0.25, -0.2) is 4.39 Å². The number of aryl methyl sites for hydroxylation is 2. The average molecular weight is 263 g/mol. The first-order chi connectivity index (χ1) is 9.13. The van der Waals surface area contributed by atoms with E-state index in [1.807, 2.05) is 17.8 Å². The number of hydrogen-bond donors (Lipinski definition) is 2. The van der Waals surface area contributed by atoms with Gasteiger partial charge in [0.1, 0.15) is 5.82 Å². The van der Waals surface area contributed by atoms with Crippen LogP contribution in [0.3, 0.4) is 0 Å². The quantitative estimate of drug-likeness (QED) is 0.629. The third-order valence-corrected chi connectivity index (χ3v) is 3.11. The van der Waals surface area contributed by atoms with Gasteiger partial charge in [-0.3, -0.25) is 20.9 Å². The number of hydrogen-bond acceptors (Lipinski definition) is 4. The van der Waals surface area contributed by atoms with E-state index >= 15 is 0 Å². The van der Waals surface area contributed by atoms with E-state index in [1.54, 1.807) is 6.07 Å². The number of hydrazine groups is 1. The molecule has 2 rings (SSSR count). The van der Waals surface area contributed by atoms with Crippen LogP contribution >= 0.6 is 0 Å². The van der Waals surface area contributed by atoms with Crippen LogP contribution in [0.5, 0.6) is 0 Å². The van der Waals surface area contributed by atoms with Crippen molar-refractivity contribution >= 4 is 0 Å². The number of nitrogens with zero attached hydrogens (tertiary/aromatic N) is 3. The number of rotatable bonds is 5. The molecule has 0 aromatic carbocycles. The van der Waals surface area contributed by atoms with Crippen molar-refractivity contribution in [1.29, 1.82) is 0 Å². The molecule has 102 valence electrons. The van der Waals surface area contributed by atoms with Gasteiger partial charge in [0.2, 0.25) is 0 Å². The van der Waals surface area contributed by atoms with E-state index in [2.05, 4.69) is 22.4 Å². The summed E-state index contributed by atoms with van der Waals surface area (Å²) in [7, 11) is 1.90. The Hall–Kier alpha value is -1.79. The minimum atomic E-state index is -0.353. The van der Waals surface area contributed by atoms with Crippen molar-refractivity contribution < 1.29 is 4.39 Å². The molecule has 2 heterocycles. The van der Waals surface area contributed by atoms with E-state index in [0.29, 0.717) is 12.1 Å². The van der Waals surface area contributed by atoms with Crippen molar-refractivity contribution in [1.82, 2.24) is 20.2 Å². The molecule has 2 aromatic heterocycles. The van der Waals surface area contributed by atoms with Crippen molar-refractivity contribution in [2.24, 2.45) is 12.9 Å². The highest BCUT2D eigenvalue weighted by Crippen LogP contribution is 2.16. The molecule has 0 aliphatic carbocycles. The lowest BCUT2D eigenvalue weighted by Gasteiger charge is -2.15. The van der Waals surface area contributed by atoms with Crippen LogP contribution in [0.4, 0.5) is 4.39 Å². The van der Waals surface area contributed by atoms with E-state index in [9.17, 15) is 4.39 Å². The van der Waals surface area contributed by atoms with Crippen molar-refractivity contribution in [2.45, 2.75) is 25.8 Å². The minimum absolute atomic E-state index is 0.166. The molecule has 0 radical (unpaired) electrons. The molecule has 6 heteroatoms. The number of nitrogens with two attached hydrogens (primary N) is 1. The molecular formula is C13H18FN5. The van der Waals surface area contributed by atoms with Gasteiger partial charge in [0.05, 0.1) is 23.6 Å². The highest BCUT2D eigenvalue weighted by atomic mass is 19.1. The summed E-state index contributed by atoms with van der Waals surface area (Å²) in [5, 5.41) is 4.39. The van der Waals surface area contributed by atoms with E-state index < -0.39 is 0 Å². The standard InChI is InChI=1S/C13H18FN5/c1-3-10-6-11(19(2)18-10)7-13(17-15)12-5-4-9(14)8-16-12/h4-6,8,13,17H,3,7,15H2,1-2H3. The van der Waals surface area contributed by atoms with Crippen LogP contribution in [0.25, 0.3) is 0 Å². The highest BCUT2D eigenvalue weighted by molar-refractivity contribution is 5.16. The van der Waals surface area contributed by atoms with Crippen LogP contribution in [-0.2, 0) is 19.9 Å². The van der Waals surface area contributed by atoms with Gasteiger partial charge < -0.3 is 0 Å². The molecule has 0 amide bonds. The van der Waals surface area contributed by atoms with Crippen molar-refractivity contribution in [3.63, 3.8) is 0 Å². The SMILES string of the molecule is CCc1cc(CC(NN)c2ccc(F)cn2)n(C)n1. The van der Waals surface area contributed by atoms with Crippen molar-refractivity contribution in [3.8, 4) is 0 Å². The Morgan fingerprint density at radius 1 is 1.47 bits per heavy atom. The zero-order valence-corrected chi connectivity index (χ0v) is 11.1. The zero-order valence-electron chi connectivity index (χ0n) is 11.1. The summed E-state index contributed by atoms with van der Waals surface area (Å²) < 4.78 is 14.7. The molecule has 0 saturated carbocycles. The topological polar surface area (TPSA) is 68.8 Å². The summed E-state index contributed by atoms with van der Waals surface area (Å²) in [4.78, 5) is 4.06. The number of aromatic nitrogens is 3. The van der Waals surface area contributed by atoms with Gasteiger partial charge in [-0.2, -0.15) is 5.10 Å². The summed E-state index contributed by atoms with van der Waals surface area (Å²) in [5.74, 6) is 5.21.